The van der Waals surface area contributed by atoms with Gasteiger partial charge < -0.3 is 0 Å². The van der Waals surface area contributed by atoms with Gasteiger partial charge in [0.25, 0.3) is 5.95 Å². The zero-order valence-corrected chi connectivity index (χ0v) is 13.1. The molecule has 0 radical (unpaired) electrons. The highest BCUT2D eigenvalue weighted by Gasteiger charge is 2.25. The summed E-state index contributed by atoms with van der Waals surface area (Å²) in [6.07, 6.45) is 4.81. The summed E-state index contributed by atoms with van der Waals surface area (Å²) in [5.74, 6) is 0.521. The van der Waals surface area contributed by atoms with Crippen molar-refractivity contribution in [2.24, 2.45) is 0 Å². The average Bonchev–Trinajstić information content (AvgIpc) is 3.24. The summed E-state index contributed by atoms with van der Waals surface area (Å²) >= 11 is 0. The Morgan fingerprint density at radius 1 is 1.12 bits per heavy atom. The fourth-order valence-electron chi connectivity index (χ4n) is 2.88. The van der Waals surface area contributed by atoms with E-state index in [9.17, 15) is 4.79 Å². The molecule has 0 unspecified atom stereocenters. The molecule has 1 aliphatic rings. The molecule has 0 saturated heterocycles. The minimum atomic E-state index is -0.00925. The van der Waals surface area contributed by atoms with Gasteiger partial charge in [0.05, 0.1) is 19.2 Å². The van der Waals surface area contributed by atoms with Crippen LogP contribution in [0.15, 0.2) is 42.7 Å². The first-order valence-corrected chi connectivity index (χ1v) is 7.91. The summed E-state index contributed by atoms with van der Waals surface area (Å²) in [5, 5.41) is 15.8. The number of carbonyl (C=O) groups is 1. The van der Waals surface area contributed by atoms with Crippen molar-refractivity contribution in [1.29, 1.82) is 0 Å². The molecule has 8 heteroatoms. The van der Waals surface area contributed by atoms with Crippen molar-refractivity contribution >= 4 is 11.9 Å². The maximum atomic E-state index is 12.6. The fraction of sp³-hybridized carbons (Fsp3) is 0.312. The molecular weight excluding hydrogens is 306 g/mol. The van der Waals surface area contributed by atoms with Crippen LogP contribution in [-0.2, 0) is 24.3 Å². The van der Waals surface area contributed by atoms with Crippen molar-refractivity contribution in [1.82, 2.24) is 30.0 Å². The third-order valence-electron chi connectivity index (χ3n) is 4.04. The van der Waals surface area contributed by atoms with Crippen LogP contribution in [0, 0.1) is 0 Å². The molecule has 0 fully saturated rings. The molecule has 1 aliphatic heterocycles. The van der Waals surface area contributed by atoms with E-state index in [1.165, 1.54) is 5.56 Å². The quantitative estimate of drug-likeness (QED) is 0.712. The van der Waals surface area contributed by atoms with E-state index in [0.29, 0.717) is 25.5 Å². The number of nitrogens with zero attached hydrogens (tertiary/aromatic N) is 7. The van der Waals surface area contributed by atoms with E-state index in [1.54, 1.807) is 15.8 Å². The molecule has 3 aromatic rings. The summed E-state index contributed by atoms with van der Waals surface area (Å²) in [5.41, 5.74) is 2.06. The molecule has 3 heterocycles. The Morgan fingerprint density at radius 2 is 2.00 bits per heavy atom. The van der Waals surface area contributed by atoms with Crippen LogP contribution in [0.5, 0.6) is 0 Å². The predicted molar refractivity (Wildman–Crippen MR) is 86.3 cm³/mol. The second-order valence-corrected chi connectivity index (χ2v) is 5.81. The number of hydrogen-bond acceptors (Lipinski definition) is 5. The van der Waals surface area contributed by atoms with Crippen LogP contribution in [-0.4, -0.2) is 42.4 Å². The lowest BCUT2D eigenvalue weighted by molar-refractivity contribution is -0.118. The van der Waals surface area contributed by atoms with Crippen molar-refractivity contribution in [3.8, 4) is 0 Å². The van der Waals surface area contributed by atoms with E-state index in [2.05, 4.69) is 32.8 Å². The van der Waals surface area contributed by atoms with Crippen molar-refractivity contribution in [2.75, 3.05) is 11.4 Å². The molecule has 24 heavy (non-hydrogen) atoms. The van der Waals surface area contributed by atoms with E-state index in [1.807, 2.05) is 29.1 Å². The largest absolute Gasteiger partial charge is 0.279 e. The minimum Gasteiger partial charge on any atom is -0.279 e. The predicted octanol–water partition coefficient (Wildman–Crippen LogP) is 0.897. The molecule has 0 atom stereocenters. The minimum absolute atomic E-state index is 0.00925. The SMILES string of the molecule is O=C(Cc1cnn(Cc2ccccc2)c1)N1CCCn2nnnc21. The summed E-state index contributed by atoms with van der Waals surface area (Å²) < 4.78 is 3.51. The number of tetrazole rings is 1. The lowest BCUT2D eigenvalue weighted by Crippen LogP contribution is -2.39. The number of benzene rings is 1. The topological polar surface area (TPSA) is 81.7 Å². The number of anilines is 1. The van der Waals surface area contributed by atoms with Crippen LogP contribution in [0.4, 0.5) is 5.95 Å². The van der Waals surface area contributed by atoms with Gasteiger partial charge in [-0.15, -0.1) is 0 Å². The van der Waals surface area contributed by atoms with Gasteiger partial charge in [0, 0.05) is 19.3 Å². The monoisotopic (exact) mass is 323 g/mol. The van der Waals surface area contributed by atoms with E-state index in [-0.39, 0.29) is 5.91 Å². The Balaban J connectivity index is 1.44. The van der Waals surface area contributed by atoms with Gasteiger partial charge in [-0.05, 0) is 28.0 Å². The Morgan fingerprint density at radius 3 is 2.88 bits per heavy atom. The maximum absolute atomic E-state index is 12.6. The zero-order valence-electron chi connectivity index (χ0n) is 13.1. The first-order valence-electron chi connectivity index (χ1n) is 7.91. The molecule has 2 aromatic heterocycles. The number of rotatable bonds is 4. The molecule has 1 amide bonds. The number of aromatic nitrogens is 6. The fourth-order valence-corrected chi connectivity index (χ4v) is 2.88. The first-order chi connectivity index (χ1) is 11.8. The first kappa shape index (κ1) is 14.6. The normalized spacial score (nSPS) is 13.8. The third kappa shape index (κ3) is 2.90. The van der Waals surface area contributed by atoms with E-state index in [0.717, 1.165) is 18.5 Å². The lowest BCUT2D eigenvalue weighted by Gasteiger charge is -2.24. The Labute approximate surface area is 138 Å². The molecule has 0 bridgehead atoms. The molecule has 0 saturated carbocycles. The highest BCUT2D eigenvalue weighted by atomic mass is 16.2. The summed E-state index contributed by atoms with van der Waals surface area (Å²) in [6, 6.07) is 10.1. The van der Waals surface area contributed by atoms with Crippen LogP contribution in [0.3, 0.4) is 0 Å². The van der Waals surface area contributed by atoms with Crippen LogP contribution in [0.2, 0.25) is 0 Å². The average molecular weight is 323 g/mol. The summed E-state index contributed by atoms with van der Waals surface area (Å²) in [7, 11) is 0. The molecule has 4 rings (SSSR count). The van der Waals surface area contributed by atoms with Crippen LogP contribution >= 0.6 is 0 Å². The summed E-state index contributed by atoms with van der Waals surface area (Å²) in [6.45, 7) is 2.09. The lowest BCUT2D eigenvalue weighted by atomic mass is 10.2. The van der Waals surface area contributed by atoms with Crippen LogP contribution in [0.25, 0.3) is 0 Å². The summed E-state index contributed by atoms with van der Waals surface area (Å²) in [4.78, 5) is 14.2. The van der Waals surface area contributed by atoms with Gasteiger partial charge in [0.1, 0.15) is 0 Å². The van der Waals surface area contributed by atoms with Crippen molar-refractivity contribution in [2.45, 2.75) is 25.9 Å². The number of amides is 1. The van der Waals surface area contributed by atoms with E-state index < -0.39 is 0 Å². The van der Waals surface area contributed by atoms with Gasteiger partial charge in [-0.1, -0.05) is 35.4 Å². The number of carbonyl (C=O) groups excluding carboxylic acids is 1. The second kappa shape index (κ2) is 6.23. The highest BCUT2D eigenvalue weighted by molar-refractivity contribution is 5.93. The highest BCUT2D eigenvalue weighted by Crippen LogP contribution is 2.17. The molecule has 0 N–H and O–H groups in total. The molecular formula is C16H17N7O. The van der Waals surface area contributed by atoms with Crippen molar-refractivity contribution in [3.63, 3.8) is 0 Å². The molecule has 0 aliphatic carbocycles. The van der Waals surface area contributed by atoms with Gasteiger partial charge in [-0.2, -0.15) is 5.10 Å². The van der Waals surface area contributed by atoms with Crippen molar-refractivity contribution in [3.05, 3.63) is 53.9 Å². The molecule has 0 spiro atoms. The van der Waals surface area contributed by atoms with E-state index >= 15 is 0 Å². The Hall–Kier alpha value is -3.03. The molecule has 8 nitrogen and oxygen atoms in total. The van der Waals surface area contributed by atoms with Gasteiger partial charge in [0.15, 0.2) is 0 Å². The number of aryl methyl sites for hydroxylation is 1. The number of fused-ring (bicyclic) bond motifs is 1. The third-order valence-corrected chi connectivity index (χ3v) is 4.04. The number of hydrogen-bond donors (Lipinski definition) is 0. The van der Waals surface area contributed by atoms with E-state index in [4.69, 9.17) is 0 Å². The Bertz CT molecular complexity index is 839. The van der Waals surface area contributed by atoms with Crippen LogP contribution < -0.4 is 4.90 Å². The van der Waals surface area contributed by atoms with Gasteiger partial charge in [0.2, 0.25) is 5.91 Å². The standard InChI is InChI=1S/C16H17N7O/c24-15(22-7-4-8-23-16(22)18-19-20-23)9-14-10-17-21(12-14)11-13-5-2-1-3-6-13/h1-3,5-6,10,12H,4,7-9,11H2. The smallest absolute Gasteiger partial charge is 0.252 e. The molecule has 1 aromatic carbocycles. The van der Waals surface area contributed by atoms with Crippen LogP contribution in [0.1, 0.15) is 17.5 Å². The van der Waals surface area contributed by atoms with Crippen molar-refractivity contribution < 1.29 is 4.79 Å². The zero-order chi connectivity index (χ0) is 16.4. The Kier molecular flexibility index (Phi) is 3.78. The molecule has 122 valence electrons. The van der Waals surface area contributed by atoms with Gasteiger partial charge >= 0.3 is 0 Å². The van der Waals surface area contributed by atoms with Gasteiger partial charge in [-0.3, -0.25) is 14.4 Å². The maximum Gasteiger partial charge on any atom is 0.252 e. The second-order valence-electron chi connectivity index (χ2n) is 5.81. The van der Waals surface area contributed by atoms with Gasteiger partial charge in [-0.25, -0.2) is 4.68 Å².